The second-order valence-corrected chi connectivity index (χ2v) is 12.4. The molecule has 0 atom stereocenters. The van der Waals surface area contributed by atoms with Crippen LogP contribution in [-0.2, 0) is 43.8 Å². The molecule has 2 aromatic carbocycles. The molecule has 0 aliphatic carbocycles. The van der Waals surface area contributed by atoms with E-state index in [0.29, 0.717) is 12.5 Å². The van der Waals surface area contributed by atoms with Crippen molar-refractivity contribution in [3.8, 4) is 0 Å². The van der Waals surface area contributed by atoms with Gasteiger partial charge in [0.1, 0.15) is 0 Å². The molecule has 0 aliphatic heterocycles. The summed E-state index contributed by atoms with van der Waals surface area (Å²) in [6, 6.07) is 15.6. The molecule has 2 rings (SSSR count). The Kier molecular flexibility index (Phi) is 21.1. The molecule has 0 saturated carbocycles. The van der Waals surface area contributed by atoms with Crippen molar-refractivity contribution < 1.29 is 66.0 Å². The number of alkyl halides is 1. The smallest absolute Gasteiger partial charge is 0.857 e. The van der Waals surface area contributed by atoms with Gasteiger partial charge in [0.15, 0.2) is 0 Å². The van der Waals surface area contributed by atoms with Gasteiger partial charge in [0.05, 0.1) is 6.61 Å². The molecule has 188 valence electrons. The third-order valence-corrected chi connectivity index (χ3v) is 10.3. The van der Waals surface area contributed by atoms with Crippen LogP contribution < -0.4 is 45.0 Å². The largest absolute Gasteiger partial charge is 1.00 e. The van der Waals surface area contributed by atoms with E-state index in [0.717, 1.165) is 28.6 Å². The number of benzene rings is 2. The molecule has 0 aromatic heterocycles. The Morgan fingerprint density at radius 3 is 1.12 bits per heavy atom. The second kappa shape index (κ2) is 20.0. The first-order valence-electron chi connectivity index (χ1n) is 9.90. The van der Waals surface area contributed by atoms with Crippen LogP contribution in [0.25, 0.3) is 0 Å². The Morgan fingerprint density at radius 2 is 0.882 bits per heavy atom. The molecule has 0 amide bonds. The van der Waals surface area contributed by atoms with E-state index < -0.39 is 17.6 Å². The minimum atomic E-state index is -2.68. The summed E-state index contributed by atoms with van der Waals surface area (Å²) >= 11 is 5.71. The maximum atomic E-state index is 8.25. The van der Waals surface area contributed by atoms with E-state index >= 15 is 0 Å². The Bertz CT molecular complexity index is 729. The summed E-state index contributed by atoms with van der Waals surface area (Å²) in [4.78, 5) is 0. The number of hydrogen-bond acceptors (Lipinski definition) is 8. The first kappa shape index (κ1) is 36.0. The molecule has 0 N–H and O–H groups in total. The van der Waals surface area contributed by atoms with Gasteiger partial charge in [-0.2, -0.15) is 7.11 Å². The first-order valence-corrected chi connectivity index (χ1v) is 13.9. The van der Waals surface area contributed by atoms with E-state index in [-0.39, 0.29) is 29.6 Å². The summed E-state index contributed by atoms with van der Waals surface area (Å²) in [5.41, 5.74) is 2.17. The van der Waals surface area contributed by atoms with Gasteiger partial charge in [0.2, 0.25) is 0 Å². The minimum absolute atomic E-state index is 0. The Morgan fingerprint density at radius 1 is 0.588 bits per heavy atom. The normalized spacial score (nSPS) is 10.9. The van der Waals surface area contributed by atoms with Gasteiger partial charge in [-0.15, -0.1) is 11.6 Å². The summed E-state index contributed by atoms with van der Waals surface area (Å²) in [5, 5.41) is 10.1. The molecule has 0 bridgehead atoms. The van der Waals surface area contributed by atoms with Gasteiger partial charge in [0.25, 0.3) is 0 Å². The zero-order valence-corrected chi connectivity index (χ0v) is 26.4. The number of methoxy groups -OCH3 is 1. The molecular formula is C22H36ClNaO8Si2. The molecule has 8 nitrogen and oxygen atoms in total. The van der Waals surface area contributed by atoms with Crippen LogP contribution in [-0.4, -0.2) is 74.5 Å². The Labute approximate surface area is 233 Å². The maximum absolute atomic E-state index is 8.25. The predicted octanol–water partition coefficient (Wildman–Crippen LogP) is -1.59. The van der Waals surface area contributed by atoms with E-state index in [2.05, 4.69) is 0 Å². The molecule has 0 fully saturated rings. The fraction of sp³-hybridized carbons (Fsp3) is 0.455. The van der Waals surface area contributed by atoms with Crippen LogP contribution in [0.3, 0.4) is 0 Å². The van der Waals surface area contributed by atoms with Crippen LogP contribution in [0.4, 0.5) is 0 Å². The molecule has 0 radical (unpaired) electrons. The molecule has 2 aromatic rings. The maximum Gasteiger partial charge on any atom is 1.00 e. The SMILES string of the molecule is COCc1ccc([Si](OC)(OC)OC)cc1.CO[Si](OC)(OC)c1ccc(CCl)cc1.C[O-].[Na+]. The summed E-state index contributed by atoms with van der Waals surface area (Å²) < 4.78 is 37.3. The van der Waals surface area contributed by atoms with Crippen LogP contribution in [0.2, 0.25) is 0 Å². The molecule has 34 heavy (non-hydrogen) atoms. The summed E-state index contributed by atoms with van der Waals surface area (Å²) in [6.45, 7) is 0.599. The van der Waals surface area contributed by atoms with E-state index in [4.69, 9.17) is 48.0 Å². The van der Waals surface area contributed by atoms with E-state index in [9.17, 15) is 0 Å². The molecule has 0 unspecified atom stereocenters. The molecule has 12 heteroatoms. The van der Waals surface area contributed by atoms with Gasteiger partial charge in [0, 0.05) is 66.0 Å². The predicted molar refractivity (Wildman–Crippen MR) is 132 cm³/mol. The molecular weight excluding hydrogens is 507 g/mol. The van der Waals surface area contributed by atoms with E-state index in [1.54, 1.807) is 49.8 Å². The minimum Gasteiger partial charge on any atom is -0.857 e. The molecule has 0 heterocycles. The summed E-state index contributed by atoms with van der Waals surface area (Å²) in [5.74, 6) is 0.502. The van der Waals surface area contributed by atoms with Crippen molar-refractivity contribution in [2.24, 2.45) is 0 Å². The third kappa shape index (κ3) is 10.1. The average molecular weight is 543 g/mol. The fourth-order valence-electron chi connectivity index (χ4n) is 2.98. The van der Waals surface area contributed by atoms with Crippen molar-refractivity contribution in [1.82, 2.24) is 0 Å². The van der Waals surface area contributed by atoms with Crippen LogP contribution in [0.1, 0.15) is 11.1 Å². The standard InChI is InChI=1S/C11H18O4Si.C10H15ClO3Si.CH3O.Na/c1-12-9-10-5-7-11(8-6-10)16(13-2,14-3)15-4;1-12-15(13-2,14-3)10-6-4-9(8-11)5-7-10;1-2;/h5-8H,9H2,1-4H3;4-7H,8H2,1-3H3;1H3;/q;;-1;+1. The van der Waals surface area contributed by atoms with Gasteiger partial charge in [-0.25, -0.2) is 0 Å². The van der Waals surface area contributed by atoms with Gasteiger partial charge in [-0.3, -0.25) is 0 Å². The van der Waals surface area contributed by atoms with Gasteiger partial charge in [-0.1, -0.05) is 48.5 Å². The number of halogens is 1. The van der Waals surface area contributed by atoms with E-state index in [1.165, 1.54) is 0 Å². The molecule has 0 spiro atoms. The summed E-state index contributed by atoms with van der Waals surface area (Å²) in [6.07, 6.45) is 0. The average Bonchev–Trinajstić information content (AvgIpc) is 2.90. The number of hydrogen-bond donors (Lipinski definition) is 0. The van der Waals surface area contributed by atoms with Gasteiger partial charge in [-0.05, 0) is 11.1 Å². The summed E-state index contributed by atoms with van der Waals surface area (Å²) in [7, 11) is 6.64. The van der Waals surface area contributed by atoms with Crippen molar-refractivity contribution >= 4 is 39.6 Å². The van der Waals surface area contributed by atoms with Crippen LogP contribution >= 0.6 is 11.6 Å². The van der Waals surface area contributed by atoms with Gasteiger partial charge >= 0.3 is 47.2 Å². The van der Waals surface area contributed by atoms with Crippen molar-refractivity contribution in [2.45, 2.75) is 12.5 Å². The first-order chi connectivity index (χ1) is 15.9. The zero-order valence-electron chi connectivity index (χ0n) is 21.7. The van der Waals surface area contributed by atoms with Crippen molar-refractivity contribution in [3.05, 3.63) is 59.7 Å². The van der Waals surface area contributed by atoms with Crippen LogP contribution in [0, 0.1) is 0 Å². The van der Waals surface area contributed by atoms with Gasteiger partial charge < -0.3 is 36.4 Å². The Balaban J connectivity index is 0. The third-order valence-electron chi connectivity index (χ3n) is 4.69. The number of ether oxygens (including phenoxy) is 1. The van der Waals surface area contributed by atoms with Crippen molar-refractivity contribution in [3.63, 3.8) is 0 Å². The molecule has 0 saturated heterocycles. The fourth-order valence-corrected chi connectivity index (χ4v) is 6.72. The quantitative estimate of drug-likeness (QED) is 0.248. The Hall–Kier alpha value is -0.156. The second-order valence-electron chi connectivity index (χ2n) is 6.30. The topological polar surface area (TPSA) is 87.7 Å². The van der Waals surface area contributed by atoms with E-state index in [1.807, 2.05) is 48.5 Å². The monoisotopic (exact) mass is 542 g/mol. The van der Waals surface area contributed by atoms with Crippen molar-refractivity contribution in [2.75, 3.05) is 56.9 Å². The number of rotatable bonds is 11. The zero-order chi connectivity index (χ0) is 25.3. The van der Waals surface area contributed by atoms with Crippen molar-refractivity contribution in [1.29, 1.82) is 0 Å². The van der Waals surface area contributed by atoms with Crippen LogP contribution in [0.5, 0.6) is 0 Å². The van der Waals surface area contributed by atoms with Crippen LogP contribution in [0.15, 0.2) is 48.5 Å². The molecule has 0 aliphatic rings.